The van der Waals surface area contributed by atoms with Gasteiger partial charge in [-0.15, -0.1) is 11.3 Å². The van der Waals surface area contributed by atoms with Crippen molar-refractivity contribution in [2.45, 2.75) is 39.0 Å². The summed E-state index contributed by atoms with van der Waals surface area (Å²) in [4.78, 5) is 4.77. The quantitative estimate of drug-likeness (QED) is 0.911. The molecule has 0 spiro atoms. The zero-order chi connectivity index (χ0) is 17.3. The van der Waals surface area contributed by atoms with Gasteiger partial charge in [-0.3, -0.25) is 4.90 Å². The highest BCUT2D eigenvalue weighted by molar-refractivity contribution is 7.12. The lowest BCUT2D eigenvalue weighted by molar-refractivity contribution is -0.0277. The minimum atomic E-state index is -0.690. The first-order valence-corrected chi connectivity index (χ1v) is 8.81. The molecule has 1 aromatic carbocycles. The number of benzene rings is 1. The van der Waals surface area contributed by atoms with E-state index in [4.69, 9.17) is 4.74 Å². The zero-order valence-electron chi connectivity index (χ0n) is 13.8. The second-order valence-corrected chi connectivity index (χ2v) is 7.75. The topological polar surface area (TPSA) is 32.7 Å². The van der Waals surface area contributed by atoms with Gasteiger partial charge in [0, 0.05) is 47.6 Å². The molecule has 130 valence electrons. The molecule has 3 rings (SSSR count). The van der Waals surface area contributed by atoms with Crippen LogP contribution >= 0.6 is 11.3 Å². The van der Waals surface area contributed by atoms with E-state index in [-0.39, 0.29) is 5.75 Å². The Bertz CT molecular complexity index is 699. The predicted octanol–water partition coefficient (Wildman–Crippen LogP) is 3.66. The molecular formula is C18H21F2NO2S. The number of nitrogens with zero attached hydrogens (tertiary/aromatic N) is 1. The number of ether oxygens (including phenoxy) is 1. The molecule has 1 fully saturated rings. The third kappa shape index (κ3) is 4.12. The number of hydrogen-bond donors (Lipinski definition) is 1. The van der Waals surface area contributed by atoms with Crippen LogP contribution in [0.25, 0.3) is 0 Å². The van der Waals surface area contributed by atoms with Crippen LogP contribution in [0.15, 0.2) is 24.3 Å². The number of β-amino-alcohol motifs (C(OH)–C–C–N with tert-alkyl or cyclic N) is 1. The summed E-state index contributed by atoms with van der Waals surface area (Å²) in [6, 6.07) is 5.26. The van der Waals surface area contributed by atoms with Crippen LogP contribution in [0.2, 0.25) is 0 Å². The fourth-order valence-electron chi connectivity index (χ4n) is 3.11. The molecule has 0 saturated carbocycles. The first-order valence-electron chi connectivity index (χ1n) is 8.00. The summed E-state index contributed by atoms with van der Waals surface area (Å²) in [7, 11) is 0. The van der Waals surface area contributed by atoms with Crippen LogP contribution in [0, 0.1) is 25.5 Å². The van der Waals surface area contributed by atoms with Gasteiger partial charge in [0.25, 0.3) is 0 Å². The molecule has 3 nitrogen and oxygen atoms in total. The van der Waals surface area contributed by atoms with Crippen LogP contribution in [-0.4, -0.2) is 35.3 Å². The Morgan fingerprint density at radius 3 is 2.50 bits per heavy atom. The van der Waals surface area contributed by atoms with Gasteiger partial charge < -0.3 is 9.84 Å². The monoisotopic (exact) mass is 353 g/mol. The number of thiophene rings is 1. The Hall–Kier alpha value is -1.50. The largest absolute Gasteiger partial charge is 0.487 e. The number of aryl methyl sites for hydroxylation is 2. The highest BCUT2D eigenvalue weighted by atomic mass is 32.1. The Labute approximate surface area is 144 Å². The van der Waals surface area contributed by atoms with Crippen molar-refractivity contribution in [1.29, 1.82) is 0 Å². The van der Waals surface area contributed by atoms with E-state index in [0.717, 1.165) is 31.3 Å². The second-order valence-electron chi connectivity index (χ2n) is 6.29. The van der Waals surface area contributed by atoms with E-state index < -0.39 is 23.8 Å². The molecule has 0 radical (unpaired) electrons. The Morgan fingerprint density at radius 1 is 1.21 bits per heavy atom. The maximum Gasteiger partial charge on any atom is 0.129 e. The van der Waals surface area contributed by atoms with Gasteiger partial charge in [-0.2, -0.15) is 0 Å². The van der Waals surface area contributed by atoms with E-state index in [9.17, 15) is 13.9 Å². The maximum absolute atomic E-state index is 13.2. The molecule has 6 heteroatoms. The van der Waals surface area contributed by atoms with Crippen LogP contribution in [-0.2, 0) is 6.54 Å². The number of aliphatic hydroxyl groups excluding tert-OH is 1. The lowest BCUT2D eigenvalue weighted by Gasteiger charge is -2.36. The number of rotatable bonds is 4. The van der Waals surface area contributed by atoms with Crippen molar-refractivity contribution in [2.75, 3.05) is 13.1 Å². The Balaban J connectivity index is 1.59. The minimum absolute atomic E-state index is 0.120. The molecule has 1 saturated heterocycles. The second kappa shape index (κ2) is 7.17. The summed E-state index contributed by atoms with van der Waals surface area (Å²) in [5, 5.41) is 10.3. The first-order chi connectivity index (χ1) is 11.4. The lowest BCUT2D eigenvalue weighted by atomic mass is 10.0. The smallest absolute Gasteiger partial charge is 0.129 e. The van der Waals surface area contributed by atoms with Gasteiger partial charge in [-0.1, -0.05) is 0 Å². The fraction of sp³-hybridized carbons (Fsp3) is 0.444. The minimum Gasteiger partial charge on any atom is -0.487 e. The normalized spacial score (nSPS) is 21.9. The average molecular weight is 353 g/mol. The van der Waals surface area contributed by atoms with Crippen molar-refractivity contribution in [3.05, 3.63) is 51.2 Å². The van der Waals surface area contributed by atoms with Gasteiger partial charge in [0.1, 0.15) is 29.6 Å². The molecule has 24 heavy (non-hydrogen) atoms. The van der Waals surface area contributed by atoms with Gasteiger partial charge in [0.2, 0.25) is 0 Å². The SMILES string of the molecule is Cc1cc(CN2CC[C@@H](Oc3cc(F)cc(F)c3)[C@H](O)C2)c(C)s1. The summed E-state index contributed by atoms with van der Waals surface area (Å²) in [6.45, 7) is 6.26. The molecule has 1 aliphatic heterocycles. The van der Waals surface area contributed by atoms with Crippen LogP contribution in [0.3, 0.4) is 0 Å². The fourth-order valence-corrected chi connectivity index (χ4v) is 4.05. The van der Waals surface area contributed by atoms with Crippen molar-refractivity contribution in [1.82, 2.24) is 4.90 Å². The molecule has 2 aromatic rings. The van der Waals surface area contributed by atoms with Gasteiger partial charge >= 0.3 is 0 Å². The number of likely N-dealkylation sites (tertiary alicyclic amines) is 1. The molecule has 0 bridgehead atoms. The van der Waals surface area contributed by atoms with Gasteiger partial charge in [-0.25, -0.2) is 8.78 Å². The molecule has 2 heterocycles. The van der Waals surface area contributed by atoms with Crippen molar-refractivity contribution in [3.63, 3.8) is 0 Å². The van der Waals surface area contributed by atoms with Gasteiger partial charge in [-0.05, 0) is 31.9 Å². The summed E-state index contributed by atoms with van der Waals surface area (Å²) in [5.41, 5.74) is 1.29. The van der Waals surface area contributed by atoms with Crippen LogP contribution in [0.4, 0.5) is 8.78 Å². The molecule has 1 aromatic heterocycles. The van der Waals surface area contributed by atoms with Gasteiger partial charge in [0.05, 0.1) is 0 Å². The third-order valence-corrected chi connectivity index (χ3v) is 5.27. The summed E-state index contributed by atoms with van der Waals surface area (Å²) in [5.74, 6) is -1.24. The van der Waals surface area contributed by atoms with Crippen LogP contribution < -0.4 is 4.74 Å². The molecule has 0 aliphatic carbocycles. The number of aliphatic hydroxyl groups is 1. The standard InChI is InChI=1S/C18H21F2NO2S/c1-11-5-13(12(2)24-11)9-21-4-3-18(17(22)10-21)23-16-7-14(19)6-15(20)8-16/h5-8,17-18,22H,3-4,9-10H2,1-2H3/t17-,18-/m1/s1. The van der Waals surface area contributed by atoms with Gasteiger partial charge in [0.15, 0.2) is 0 Å². The highest BCUT2D eigenvalue weighted by Gasteiger charge is 2.29. The van der Waals surface area contributed by atoms with E-state index >= 15 is 0 Å². The number of hydrogen-bond acceptors (Lipinski definition) is 4. The van der Waals surface area contributed by atoms with Crippen molar-refractivity contribution in [2.24, 2.45) is 0 Å². The van der Waals surface area contributed by atoms with Crippen LogP contribution in [0.5, 0.6) is 5.75 Å². The molecule has 0 amide bonds. The Kier molecular flexibility index (Phi) is 5.18. The molecular weight excluding hydrogens is 332 g/mol. The van der Waals surface area contributed by atoms with Crippen molar-refractivity contribution in [3.8, 4) is 5.75 Å². The lowest BCUT2D eigenvalue weighted by Crippen LogP contribution is -2.48. The highest BCUT2D eigenvalue weighted by Crippen LogP contribution is 2.25. The van der Waals surface area contributed by atoms with Crippen LogP contribution in [0.1, 0.15) is 21.7 Å². The van der Waals surface area contributed by atoms with E-state index in [1.165, 1.54) is 15.3 Å². The third-order valence-electron chi connectivity index (χ3n) is 4.27. The number of halogens is 2. The van der Waals surface area contributed by atoms with Crippen molar-refractivity contribution >= 4 is 11.3 Å². The predicted molar refractivity (Wildman–Crippen MR) is 90.5 cm³/mol. The van der Waals surface area contributed by atoms with E-state index in [0.29, 0.717) is 13.0 Å². The van der Waals surface area contributed by atoms with E-state index in [2.05, 4.69) is 24.8 Å². The Morgan fingerprint density at radius 2 is 1.92 bits per heavy atom. The van der Waals surface area contributed by atoms with Crippen molar-refractivity contribution < 1.29 is 18.6 Å². The van der Waals surface area contributed by atoms with E-state index in [1.807, 2.05) is 0 Å². The molecule has 0 unspecified atom stereocenters. The molecule has 1 aliphatic rings. The summed E-state index contributed by atoms with van der Waals surface area (Å²) < 4.78 is 32.1. The first kappa shape index (κ1) is 17.3. The molecule has 2 atom stereocenters. The average Bonchev–Trinajstić information content (AvgIpc) is 2.79. The van der Waals surface area contributed by atoms with E-state index in [1.54, 1.807) is 11.3 Å². The molecule has 1 N–H and O–H groups in total. The summed E-state index contributed by atoms with van der Waals surface area (Å²) in [6.07, 6.45) is -0.528. The zero-order valence-corrected chi connectivity index (χ0v) is 14.6. The number of piperidine rings is 1. The maximum atomic E-state index is 13.2. The summed E-state index contributed by atoms with van der Waals surface area (Å²) >= 11 is 1.78.